The van der Waals surface area contributed by atoms with Crippen LogP contribution in [0.1, 0.15) is 28.7 Å². The molecular weight excluding hydrogens is 484 g/mol. The van der Waals surface area contributed by atoms with Gasteiger partial charge in [-0.05, 0) is 42.7 Å². The van der Waals surface area contributed by atoms with E-state index in [4.69, 9.17) is 9.47 Å². The molecule has 0 spiro atoms. The monoisotopic (exact) mass is 513 g/mol. The van der Waals surface area contributed by atoms with Crippen LogP contribution in [0.4, 0.5) is 4.39 Å². The summed E-state index contributed by atoms with van der Waals surface area (Å²) in [5.41, 5.74) is 3.72. The first kappa shape index (κ1) is 23.4. The number of hydrogen-bond acceptors (Lipinski definition) is 3. The number of nitrogens with one attached hydrogen (secondary N) is 2. The van der Waals surface area contributed by atoms with Gasteiger partial charge in [-0.2, -0.15) is 0 Å². The smallest absolute Gasteiger partial charge is 0.191 e. The van der Waals surface area contributed by atoms with E-state index >= 15 is 0 Å². The topological polar surface area (TPSA) is 54.9 Å². The van der Waals surface area contributed by atoms with Crippen LogP contribution in [0, 0.1) is 19.7 Å². The highest BCUT2D eigenvalue weighted by molar-refractivity contribution is 14.0. The highest BCUT2D eigenvalue weighted by atomic mass is 127. The second-order valence-electron chi connectivity index (χ2n) is 7.08. The van der Waals surface area contributed by atoms with Crippen molar-refractivity contribution in [1.29, 1.82) is 0 Å². The molecule has 0 amide bonds. The molecule has 0 radical (unpaired) electrons. The van der Waals surface area contributed by atoms with Crippen LogP contribution < -0.4 is 15.4 Å². The second-order valence-corrected chi connectivity index (χ2v) is 7.08. The van der Waals surface area contributed by atoms with E-state index in [2.05, 4.69) is 40.7 Å². The van der Waals surface area contributed by atoms with Gasteiger partial charge in [0, 0.05) is 32.1 Å². The average Bonchev–Trinajstić information content (AvgIpc) is 3.19. The number of nitrogens with zero attached hydrogens (tertiary/aromatic N) is 1. The minimum absolute atomic E-state index is 0. The standard InChI is InChI=1S/C22H28FN3O2.HI/c1-15-4-7-18(21(10-15)28-19-8-9-27-14-19)13-26-22(24-3)25-12-17-6-5-16(2)20(23)11-17;/h4-7,10-11,19H,8-9,12-14H2,1-3H3,(H2,24,25,26);1H. The zero-order valence-corrected chi connectivity index (χ0v) is 19.5. The van der Waals surface area contributed by atoms with Gasteiger partial charge in [0.25, 0.3) is 0 Å². The number of ether oxygens (including phenoxy) is 2. The number of aliphatic imine (C=N–C) groups is 1. The van der Waals surface area contributed by atoms with Gasteiger partial charge in [-0.25, -0.2) is 4.39 Å². The Morgan fingerprint density at radius 3 is 2.66 bits per heavy atom. The summed E-state index contributed by atoms with van der Waals surface area (Å²) in [4.78, 5) is 4.25. The number of rotatable bonds is 6. The van der Waals surface area contributed by atoms with Crippen LogP contribution in [0.5, 0.6) is 5.75 Å². The molecule has 2 N–H and O–H groups in total. The molecule has 1 fully saturated rings. The van der Waals surface area contributed by atoms with Gasteiger partial charge in [0.2, 0.25) is 0 Å². The Morgan fingerprint density at radius 2 is 1.97 bits per heavy atom. The molecule has 0 aromatic heterocycles. The molecule has 1 aliphatic rings. The molecule has 2 aromatic rings. The SMILES string of the molecule is CN=C(NCc1ccc(C)c(F)c1)NCc1ccc(C)cc1OC1CCOC1.I. The van der Waals surface area contributed by atoms with Gasteiger partial charge < -0.3 is 20.1 Å². The molecule has 158 valence electrons. The largest absolute Gasteiger partial charge is 0.488 e. The van der Waals surface area contributed by atoms with Crippen LogP contribution in [0.15, 0.2) is 41.4 Å². The maximum absolute atomic E-state index is 13.7. The third-order valence-electron chi connectivity index (χ3n) is 4.77. The summed E-state index contributed by atoms with van der Waals surface area (Å²) in [7, 11) is 1.72. The van der Waals surface area contributed by atoms with E-state index in [1.807, 2.05) is 6.07 Å². The molecule has 29 heavy (non-hydrogen) atoms. The third kappa shape index (κ3) is 6.85. The van der Waals surface area contributed by atoms with Crippen LogP contribution >= 0.6 is 24.0 Å². The van der Waals surface area contributed by atoms with Crippen LogP contribution in [0.2, 0.25) is 0 Å². The average molecular weight is 513 g/mol. The fourth-order valence-electron chi connectivity index (χ4n) is 3.03. The summed E-state index contributed by atoms with van der Waals surface area (Å²) in [6.45, 7) is 6.26. The predicted octanol–water partition coefficient (Wildman–Crippen LogP) is 4.09. The molecular formula is C22H29FIN3O2. The number of benzene rings is 2. The van der Waals surface area contributed by atoms with Crippen LogP contribution in [0.25, 0.3) is 0 Å². The molecule has 3 rings (SSSR count). The van der Waals surface area contributed by atoms with Crippen molar-refractivity contribution >= 4 is 29.9 Å². The summed E-state index contributed by atoms with van der Waals surface area (Å²) in [6, 6.07) is 11.4. The fraction of sp³-hybridized carbons (Fsp3) is 0.409. The molecule has 1 heterocycles. The summed E-state index contributed by atoms with van der Waals surface area (Å²) < 4.78 is 25.3. The van der Waals surface area contributed by atoms with Gasteiger partial charge in [-0.3, -0.25) is 4.99 Å². The Kier molecular flexibility index (Phi) is 9.16. The van der Waals surface area contributed by atoms with Crippen molar-refractivity contribution in [3.8, 4) is 5.75 Å². The van der Waals surface area contributed by atoms with Gasteiger partial charge in [0.15, 0.2) is 5.96 Å². The summed E-state index contributed by atoms with van der Waals surface area (Å²) in [5.74, 6) is 1.33. The maximum atomic E-state index is 13.7. The normalized spacial score (nSPS) is 16.3. The number of halogens is 2. The Bertz CT molecular complexity index is 839. The highest BCUT2D eigenvalue weighted by Gasteiger charge is 2.18. The third-order valence-corrected chi connectivity index (χ3v) is 4.77. The van der Waals surface area contributed by atoms with Gasteiger partial charge in [0.1, 0.15) is 17.7 Å². The van der Waals surface area contributed by atoms with Gasteiger partial charge in [-0.15, -0.1) is 24.0 Å². The summed E-state index contributed by atoms with van der Waals surface area (Å²) >= 11 is 0. The number of guanidine groups is 1. The molecule has 7 heteroatoms. The Hall–Kier alpha value is -1.87. The summed E-state index contributed by atoms with van der Waals surface area (Å²) in [6.07, 6.45) is 1.02. The molecule has 0 bridgehead atoms. The van der Waals surface area contributed by atoms with Crippen molar-refractivity contribution in [1.82, 2.24) is 10.6 Å². The first-order valence-corrected chi connectivity index (χ1v) is 9.58. The lowest BCUT2D eigenvalue weighted by molar-refractivity contribution is 0.140. The highest BCUT2D eigenvalue weighted by Crippen LogP contribution is 2.23. The molecule has 1 aliphatic heterocycles. The lowest BCUT2D eigenvalue weighted by Gasteiger charge is -2.18. The molecule has 0 saturated carbocycles. The van der Waals surface area contributed by atoms with Crippen molar-refractivity contribution < 1.29 is 13.9 Å². The van der Waals surface area contributed by atoms with Crippen molar-refractivity contribution in [3.05, 3.63) is 64.5 Å². The molecule has 1 atom stereocenters. The van der Waals surface area contributed by atoms with Crippen molar-refractivity contribution in [2.45, 2.75) is 39.5 Å². The second kappa shape index (κ2) is 11.3. The Morgan fingerprint density at radius 1 is 1.17 bits per heavy atom. The molecule has 1 saturated heterocycles. The zero-order chi connectivity index (χ0) is 19.9. The quantitative estimate of drug-likeness (QED) is 0.347. The summed E-state index contributed by atoms with van der Waals surface area (Å²) in [5, 5.41) is 6.52. The van der Waals surface area contributed by atoms with Gasteiger partial charge in [0.05, 0.1) is 13.2 Å². The molecule has 2 aromatic carbocycles. The van der Waals surface area contributed by atoms with Gasteiger partial charge >= 0.3 is 0 Å². The van der Waals surface area contributed by atoms with Crippen LogP contribution in [0.3, 0.4) is 0 Å². The van der Waals surface area contributed by atoms with Gasteiger partial charge in [-0.1, -0.05) is 24.3 Å². The van der Waals surface area contributed by atoms with Crippen LogP contribution in [-0.2, 0) is 17.8 Å². The number of aryl methyl sites for hydroxylation is 2. The van der Waals surface area contributed by atoms with Crippen molar-refractivity contribution in [3.63, 3.8) is 0 Å². The van der Waals surface area contributed by atoms with Crippen molar-refractivity contribution in [2.24, 2.45) is 4.99 Å². The maximum Gasteiger partial charge on any atom is 0.191 e. The number of hydrogen-bond donors (Lipinski definition) is 2. The fourth-order valence-corrected chi connectivity index (χ4v) is 3.03. The first-order valence-electron chi connectivity index (χ1n) is 9.58. The Balaban J connectivity index is 0.00000300. The van der Waals surface area contributed by atoms with E-state index < -0.39 is 0 Å². The van der Waals surface area contributed by atoms with E-state index in [0.717, 1.165) is 35.5 Å². The Labute approximate surface area is 189 Å². The minimum Gasteiger partial charge on any atom is -0.488 e. The van der Waals surface area contributed by atoms with E-state index in [1.54, 1.807) is 26.1 Å². The van der Waals surface area contributed by atoms with E-state index in [0.29, 0.717) is 31.2 Å². The molecule has 0 aliphatic carbocycles. The first-order chi connectivity index (χ1) is 13.5. The zero-order valence-electron chi connectivity index (χ0n) is 17.1. The lowest BCUT2D eigenvalue weighted by atomic mass is 10.1. The van der Waals surface area contributed by atoms with E-state index in [9.17, 15) is 4.39 Å². The van der Waals surface area contributed by atoms with E-state index in [-0.39, 0.29) is 35.9 Å². The van der Waals surface area contributed by atoms with E-state index in [1.165, 1.54) is 0 Å². The lowest BCUT2D eigenvalue weighted by Crippen LogP contribution is -2.36. The minimum atomic E-state index is -0.195. The predicted molar refractivity (Wildman–Crippen MR) is 125 cm³/mol. The van der Waals surface area contributed by atoms with Crippen molar-refractivity contribution in [2.75, 3.05) is 20.3 Å². The molecule has 5 nitrogen and oxygen atoms in total. The van der Waals surface area contributed by atoms with Crippen LogP contribution in [-0.4, -0.2) is 32.3 Å². The molecule has 1 unspecified atom stereocenters.